The fourth-order valence-corrected chi connectivity index (χ4v) is 1.11. The third-order valence-corrected chi connectivity index (χ3v) is 2.72. The Hall–Kier alpha value is 0.0900. The summed E-state index contributed by atoms with van der Waals surface area (Å²) in [6, 6.07) is 0. The molecule has 1 unspecified atom stereocenters. The fraction of sp³-hybridized carbons (Fsp3) is 0.778. The first-order valence-corrected chi connectivity index (χ1v) is 5.02. The van der Waals surface area contributed by atoms with Crippen LogP contribution in [0.1, 0.15) is 27.2 Å². The molecule has 0 aliphatic rings. The maximum atomic E-state index is 3.96. The van der Waals surface area contributed by atoms with Gasteiger partial charge in [0, 0.05) is 0 Å². The summed E-state index contributed by atoms with van der Waals surface area (Å²) in [5, 5.41) is 0. The normalized spacial score (nSPS) is 13.7. The summed E-state index contributed by atoms with van der Waals surface area (Å²) >= 11 is 1.78. The lowest BCUT2D eigenvalue weighted by Crippen LogP contribution is -2.03. The number of hydrogen-bond donors (Lipinski definition) is 0. The van der Waals surface area contributed by atoms with Gasteiger partial charge in [-0.05, 0) is 29.4 Å². The molecule has 0 fully saturated rings. The second-order valence-electron chi connectivity index (χ2n) is 3.17. The van der Waals surface area contributed by atoms with Crippen LogP contribution in [0.25, 0.3) is 0 Å². The zero-order chi connectivity index (χ0) is 8.15. The van der Waals surface area contributed by atoms with Crippen LogP contribution in [0.15, 0.2) is 11.5 Å². The first-order valence-electron chi connectivity index (χ1n) is 3.79. The smallest absolute Gasteiger partial charge is 0.0140 e. The second kappa shape index (κ2) is 4.84. The van der Waals surface area contributed by atoms with Crippen molar-refractivity contribution in [3.05, 3.63) is 11.5 Å². The van der Waals surface area contributed by atoms with Gasteiger partial charge in [0.05, 0.1) is 0 Å². The lowest BCUT2D eigenvalue weighted by atomic mass is 9.95. The highest BCUT2D eigenvalue weighted by molar-refractivity contribution is 8.02. The standard InChI is InChI=1S/C9H18S/c1-7(2)8(3)6-9(4)10-5/h7-8H,4,6H2,1-3,5H3. The number of rotatable bonds is 4. The first kappa shape index (κ1) is 10.1. The Morgan fingerprint density at radius 1 is 1.40 bits per heavy atom. The van der Waals surface area contributed by atoms with Crippen molar-refractivity contribution in [2.45, 2.75) is 27.2 Å². The molecule has 10 heavy (non-hydrogen) atoms. The zero-order valence-electron chi connectivity index (χ0n) is 7.48. The second-order valence-corrected chi connectivity index (χ2v) is 4.15. The molecule has 0 aromatic carbocycles. The minimum Gasteiger partial charge on any atom is -0.135 e. The van der Waals surface area contributed by atoms with E-state index in [-0.39, 0.29) is 0 Å². The van der Waals surface area contributed by atoms with Crippen LogP contribution < -0.4 is 0 Å². The maximum absolute atomic E-state index is 3.96. The molecule has 0 N–H and O–H groups in total. The van der Waals surface area contributed by atoms with Gasteiger partial charge in [-0.1, -0.05) is 27.4 Å². The highest BCUT2D eigenvalue weighted by atomic mass is 32.2. The molecule has 0 spiro atoms. The maximum Gasteiger partial charge on any atom is -0.0140 e. The molecule has 0 saturated heterocycles. The molecule has 1 atom stereocenters. The van der Waals surface area contributed by atoms with Gasteiger partial charge in [0.2, 0.25) is 0 Å². The van der Waals surface area contributed by atoms with Gasteiger partial charge in [-0.15, -0.1) is 11.8 Å². The van der Waals surface area contributed by atoms with Crippen molar-refractivity contribution in [3.8, 4) is 0 Å². The lowest BCUT2D eigenvalue weighted by Gasteiger charge is -2.15. The van der Waals surface area contributed by atoms with Crippen LogP contribution in [0.3, 0.4) is 0 Å². The summed E-state index contributed by atoms with van der Waals surface area (Å²) in [5.74, 6) is 1.56. The van der Waals surface area contributed by atoms with Gasteiger partial charge in [0.1, 0.15) is 0 Å². The Morgan fingerprint density at radius 3 is 2.20 bits per heavy atom. The van der Waals surface area contributed by atoms with Gasteiger partial charge < -0.3 is 0 Å². The van der Waals surface area contributed by atoms with Crippen LogP contribution >= 0.6 is 11.8 Å². The fourth-order valence-electron chi connectivity index (χ4n) is 0.678. The lowest BCUT2D eigenvalue weighted by molar-refractivity contribution is 0.422. The summed E-state index contributed by atoms with van der Waals surface area (Å²) in [6.07, 6.45) is 3.26. The third-order valence-electron chi connectivity index (χ3n) is 1.98. The Balaban J connectivity index is 3.57. The number of thioether (sulfide) groups is 1. The van der Waals surface area contributed by atoms with E-state index in [1.165, 1.54) is 11.3 Å². The van der Waals surface area contributed by atoms with E-state index in [1.54, 1.807) is 11.8 Å². The molecule has 0 radical (unpaired) electrons. The topological polar surface area (TPSA) is 0 Å². The molecule has 60 valence electrons. The predicted molar refractivity (Wildman–Crippen MR) is 51.3 cm³/mol. The molecular weight excluding hydrogens is 140 g/mol. The van der Waals surface area contributed by atoms with E-state index >= 15 is 0 Å². The van der Waals surface area contributed by atoms with E-state index in [2.05, 4.69) is 33.6 Å². The van der Waals surface area contributed by atoms with Crippen LogP contribution in [0, 0.1) is 11.8 Å². The zero-order valence-corrected chi connectivity index (χ0v) is 8.29. The van der Waals surface area contributed by atoms with Crippen molar-refractivity contribution < 1.29 is 0 Å². The molecule has 1 heteroatoms. The van der Waals surface area contributed by atoms with Crippen LogP contribution in [-0.4, -0.2) is 6.26 Å². The van der Waals surface area contributed by atoms with Crippen molar-refractivity contribution in [1.82, 2.24) is 0 Å². The van der Waals surface area contributed by atoms with E-state index in [4.69, 9.17) is 0 Å². The predicted octanol–water partition coefficient (Wildman–Crippen LogP) is 3.55. The summed E-state index contributed by atoms with van der Waals surface area (Å²) in [7, 11) is 0. The van der Waals surface area contributed by atoms with Gasteiger partial charge in [-0.2, -0.15) is 0 Å². The quantitative estimate of drug-likeness (QED) is 0.603. The summed E-state index contributed by atoms with van der Waals surface area (Å²) in [4.78, 5) is 1.31. The minimum atomic E-state index is 0.778. The van der Waals surface area contributed by atoms with E-state index in [0.29, 0.717) is 0 Å². The molecule has 0 heterocycles. The molecule has 0 rings (SSSR count). The molecular formula is C9H18S. The van der Waals surface area contributed by atoms with Crippen LogP contribution in [-0.2, 0) is 0 Å². The molecule has 0 amide bonds. The van der Waals surface area contributed by atoms with Crippen molar-refractivity contribution in [2.75, 3.05) is 6.26 Å². The number of hydrogen-bond acceptors (Lipinski definition) is 1. The highest BCUT2D eigenvalue weighted by Crippen LogP contribution is 2.23. The summed E-state index contributed by atoms with van der Waals surface area (Å²) in [5.41, 5.74) is 0. The highest BCUT2D eigenvalue weighted by Gasteiger charge is 2.07. The molecule has 0 bridgehead atoms. The number of allylic oxidation sites excluding steroid dienone is 1. The van der Waals surface area contributed by atoms with E-state index < -0.39 is 0 Å². The van der Waals surface area contributed by atoms with Crippen LogP contribution in [0.5, 0.6) is 0 Å². The van der Waals surface area contributed by atoms with Gasteiger partial charge >= 0.3 is 0 Å². The minimum absolute atomic E-state index is 0.778. The van der Waals surface area contributed by atoms with Crippen molar-refractivity contribution >= 4 is 11.8 Å². The van der Waals surface area contributed by atoms with Gasteiger partial charge in [0.25, 0.3) is 0 Å². The van der Waals surface area contributed by atoms with Crippen molar-refractivity contribution in [2.24, 2.45) is 11.8 Å². The Bertz CT molecular complexity index is 105. The largest absolute Gasteiger partial charge is 0.135 e. The summed E-state index contributed by atoms with van der Waals surface area (Å²) in [6.45, 7) is 10.8. The average Bonchev–Trinajstić information content (AvgIpc) is 1.87. The third kappa shape index (κ3) is 3.99. The van der Waals surface area contributed by atoms with E-state index in [9.17, 15) is 0 Å². The van der Waals surface area contributed by atoms with Crippen LogP contribution in [0.4, 0.5) is 0 Å². The van der Waals surface area contributed by atoms with Gasteiger partial charge in [-0.25, -0.2) is 0 Å². The van der Waals surface area contributed by atoms with E-state index in [1.807, 2.05) is 0 Å². The Labute approximate surface area is 69.1 Å². The van der Waals surface area contributed by atoms with Crippen molar-refractivity contribution in [3.63, 3.8) is 0 Å². The average molecular weight is 158 g/mol. The first-order chi connectivity index (χ1) is 4.57. The Morgan fingerprint density at radius 2 is 1.90 bits per heavy atom. The van der Waals surface area contributed by atoms with Gasteiger partial charge in [-0.3, -0.25) is 0 Å². The molecule has 0 saturated carbocycles. The molecule has 0 aliphatic carbocycles. The molecule has 0 nitrogen and oxygen atoms in total. The van der Waals surface area contributed by atoms with Gasteiger partial charge in [0.15, 0.2) is 0 Å². The monoisotopic (exact) mass is 158 g/mol. The summed E-state index contributed by atoms with van der Waals surface area (Å²) < 4.78 is 0. The van der Waals surface area contributed by atoms with E-state index in [0.717, 1.165) is 11.8 Å². The molecule has 0 aromatic rings. The molecule has 0 aromatic heterocycles. The van der Waals surface area contributed by atoms with Crippen LogP contribution in [0.2, 0.25) is 0 Å². The molecule has 0 aliphatic heterocycles. The van der Waals surface area contributed by atoms with Crippen molar-refractivity contribution in [1.29, 1.82) is 0 Å². The SMILES string of the molecule is C=C(CC(C)C(C)C)SC. The Kier molecular flexibility index (Phi) is 4.88.